The summed E-state index contributed by atoms with van der Waals surface area (Å²) in [5, 5.41) is 4.09. The van der Waals surface area contributed by atoms with Crippen LogP contribution in [0.4, 0.5) is 9.93 Å². The van der Waals surface area contributed by atoms with Crippen molar-refractivity contribution in [3.63, 3.8) is 0 Å². The standard InChI is InChI=1S/C22H21ClN4O2S/c1-15-19(20(28)24-13-17-8-5-9-18(23)12-17)30-21(25-15)27-11-10-26(22(27)29)14-16-6-3-2-4-7-16/h2-9,12H,10-11,13-14H2,1H3,(H,24,28). The zero-order valence-electron chi connectivity index (χ0n) is 16.5. The summed E-state index contributed by atoms with van der Waals surface area (Å²) in [5.74, 6) is -0.205. The molecule has 2 aromatic carbocycles. The van der Waals surface area contributed by atoms with Crippen molar-refractivity contribution in [3.8, 4) is 0 Å². The number of rotatable bonds is 6. The fourth-order valence-electron chi connectivity index (χ4n) is 3.33. The Labute approximate surface area is 184 Å². The maximum absolute atomic E-state index is 12.8. The van der Waals surface area contributed by atoms with Crippen molar-refractivity contribution in [2.24, 2.45) is 0 Å². The number of amides is 3. The molecule has 3 amide bonds. The molecule has 1 aliphatic rings. The molecule has 6 nitrogen and oxygen atoms in total. The number of thiazole rings is 1. The number of carbonyl (C=O) groups excluding carboxylic acids is 2. The highest BCUT2D eigenvalue weighted by atomic mass is 35.5. The summed E-state index contributed by atoms with van der Waals surface area (Å²) in [5.41, 5.74) is 2.63. The van der Waals surface area contributed by atoms with Crippen LogP contribution in [0.15, 0.2) is 54.6 Å². The van der Waals surface area contributed by atoms with Crippen molar-refractivity contribution < 1.29 is 9.59 Å². The second-order valence-electron chi connectivity index (χ2n) is 7.06. The molecule has 0 bridgehead atoms. The minimum Gasteiger partial charge on any atom is -0.347 e. The molecule has 0 aliphatic carbocycles. The minimum absolute atomic E-state index is 0.0847. The average molecular weight is 441 g/mol. The summed E-state index contributed by atoms with van der Waals surface area (Å²) in [7, 11) is 0. The Bertz CT molecular complexity index is 1070. The van der Waals surface area contributed by atoms with Crippen molar-refractivity contribution >= 4 is 40.0 Å². The van der Waals surface area contributed by atoms with E-state index in [1.165, 1.54) is 11.3 Å². The third-order valence-electron chi connectivity index (χ3n) is 4.88. The monoisotopic (exact) mass is 440 g/mol. The number of hydrogen-bond acceptors (Lipinski definition) is 4. The Morgan fingerprint density at radius 3 is 2.67 bits per heavy atom. The molecule has 2 heterocycles. The molecular weight excluding hydrogens is 420 g/mol. The third kappa shape index (κ3) is 4.47. The van der Waals surface area contributed by atoms with E-state index in [2.05, 4.69) is 10.3 Å². The van der Waals surface area contributed by atoms with E-state index in [0.29, 0.717) is 46.9 Å². The molecule has 1 aromatic heterocycles. The smallest absolute Gasteiger partial charge is 0.326 e. The lowest BCUT2D eigenvalue weighted by Crippen LogP contribution is -2.31. The molecular formula is C22H21ClN4O2S. The van der Waals surface area contributed by atoms with Crippen LogP contribution in [0.1, 0.15) is 26.5 Å². The molecule has 1 N–H and O–H groups in total. The Morgan fingerprint density at radius 1 is 1.13 bits per heavy atom. The molecule has 154 valence electrons. The number of halogens is 1. The van der Waals surface area contributed by atoms with E-state index in [4.69, 9.17) is 11.6 Å². The van der Waals surface area contributed by atoms with Crippen LogP contribution in [0, 0.1) is 6.92 Å². The SMILES string of the molecule is Cc1nc(N2CCN(Cc3ccccc3)C2=O)sc1C(=O)NCc1cccc(Cl)c1. The zero-order valence-corrected chi connectivity index (χ0v) is 18.0. The Kier molecular flexibility index (Phi) is 6.01. The highest BCUT2D eigenvalue weighted by Crippen LogP contribution is 2.29. The zero-order chi connectivity index (χ0) is 21.1. The topological polar surface area (TPSA) is 65.5 Å². The minimum atomic E-state index is -0.205. The van der Waals surface area contributed by atoms with Gasteiger partial charge in [0, 0.05) is 31.2 Å². The maximum atomic E-state index is 12.8. The molecule has 0 saturated carbocycles. The number of hydrogen-bond donors (Lipinski definition) is 1. The van der Waals surface area contributed by atoms with Crippen LogP contribution < -0.4 is 10.2 Å². The van der Waals surface area contributed by atoms with Crippen LogP contribution in [0.3, 0.4) is 0 Å². The first-order chi connectivity index (χ1) is 14.5. The Balaban J connectivity index is 1.42. The van der Waals surface area contributed by atoms with Gasteiger partial charge in [0.15, 0.2) is 5.13 Å². The van der Waals surface area contributed by atoms with Crippen molar-refractivity contribution in [1.82, 2.24) is 15.2 Å². The van der Waals surface area contributed by atoms with Gasteiger partial charge in [0.25, 0.3) is 5.91 Å². The van der Waals surface area contributed by atoms with Gasteiger partial charge in [0.1, 0.15) is 4.88 Å². The number of aromatic nitrogens is 1. The predicted molar refractivity (Wildman–Crippen MR) is 119 cm³/mol. The normalized spacial score (nSPS) is 13.7. The number of nitrogens with one attached hydrogen (secondary N) is 1. The molecule has 0 radical (unpaired) electrons. The average Bonchev–Trinajstić information content (AvgIpc) is 3.30. The van der Waals surface area contributed by atoms with E-state index in [9.17, 15) is 9.59 Å². The van der Waals surface area contributed by atoms with Crippen LogP contribution in [0.5, 0.6) is 0 Å². The Hall–Kier alpha value is -2.90. The third-order valence-corrected chi connectivity index (χ3v) is 6.29. The van der Waals surface area contributed by atoms with Gasteiger partial charge in [-0.3, -0.25) is 9.69 Å². The summed E-state index contributed by atoms with van der Waals surface area (Å²) in [6, 6.07) is 17.2. The molecule has 1 saturated heterocycles. The molecule has 0 spiro atoms. The summed E-state index contributed by atoms with van der Waals surface area (Å²) in [6.07, 6.45) is 0. The van der Waals surface area contributed by atoms with Crippen molar-refractivity contribution in [2.75, 3.05) is 18.0 Å². The second-order valence-corrected chi connectivity index (χ2v) is 8.48. The van der Waals surface area contributed by atoms with Crippen LogP contribution >= 0.6 is 22.9 Å². The van der Waals surface area contributed by atoms with Gasteiger partial charge < -0.3 is 10.2 Å². The van der Waals surface area contributed by atoms with Gasteiger partial charge in [0.05, 0.1) is 5.69 Å². The van der Waals surface area contributed by atoms with Crippen molar-refractivity contribution in [2.45, 2.75) is 20.0 Å². The molecule has 0 unspecified atom stereocenters. The first kappa shape index (κ1) is 20.4. The fraction of sp³-hybridized carbons (Fsp3) is 0.227. The van der Waals surface area contributed by atoms with Gasteiger partial charge in [-0.25, -0.2) is 9.78 Å². The highest BCUT2D eigenvalue weighted by Gasteiger charge is 2.32. The fourth-order valence-corrected chi connectivity index (χ4v) is 4.54. The van der Waals surface area contributed by atoms with Gasteiger partial charge in [-0.1, -0.05) is 65.4 Å². The molecule has 1 fully saturated rings. The quantitative estimate of drug-likeness (QED) is 0.614. The first-order valence-corrected chi connectivity index (χ1v) is 10.8. The first-order valence-electron chi connectivity index (χ1n) is 9.61. The summed E-state index contributed by atoms with van der Waals surface area (Å²) in [4.78, 5) is 33.9. The van der Waals surface area contributed by atoms with Gasteiger partial charge >= 0.3 is 6.03 Å². The number of nitrogens with zero attached hydrogens (tertiary/aromatic N) is 3. The molecule has 8 heteroatoms. The molecule has 1 aliphatic heterocycles. The van der Waals surface area contributed by atoms with Crippen LogP contribution in [-0.2, 0) is 13.1 Å². The van der Waals surface area contributed by atoms with E-state index >= 15 is 0 Å². The van der Waals surface area contributed by atoms with Crippen molar-refractivity contribution in [1.29, 1.82) is 0 Å². The lowest BCUT2D eigenvalue weighted by Gasteiger charge is -2.16. The van der Waals surface area contributed by atoms with Crippen LogP contribution in [0.2, 0.25) is 5.02 Å². The van der Waals surface area contributed by atoms with Gasteiger partial charge in [0.2, 0.25) is 0 Å². The number of urea groups is 1. The van der Waals surface area contributed by atoms with E-state index in [1.807, 2.05) is 48.5 Å². The summed E-state index contributed by atoms with van der Waals surface area (Å²) in [6.45, 7) is 3.91. The highest BCUT2D eigenvalue weighted by molar-refractivity contribution is 7.17. The van der Waals surface area contributed by atoms with Crippen molar-refractivity contribution in [3.05, 3.63) is 81.3 Å². The van der Waals surface area contributed by atoms with E-state index in [0.717, 1.165) is 11.1 Å². The summed E-state index contributed by atoms with van der Waals surface area (Å²) < 4.78 is 0. The maximum Gasteiger partial charge on any atom is 0.326 e. The lowest BCUT2D eigenvalue weighted by molar-refractivity contribution is 0.0954. The molecule has 0 atom stereocenters. The number of aryl methyl sites for hydroxylation is 1. The van der Waals surface area contributed by atoms with Crippen LogP contribution in [-0.4, -0.2) is 34.9 Å². The van der Waals surface area contributed by atoms with E-state index in [1.54, 1.807) is 22.8 Å². The Morgan fingerprint density at radius 2 is 1.90 bits per heavy atom. The largest absolute Gasteiger partial charge is 0.347 e. The van der Waals surface area contributed by atoms with Gasteiger partial charge in [-0.15, -0.1) is 0 Å². The predicted octanol–water partition coefficient (Wildman–Crippen LogP) is 4.48. The summed E-state index contributed by atoms with van der Waals surface area (Å²) >= 11 is 7.24. The van der Waals surface area contributed by atoms with E-state index in [-0.39, 0.29) is 11.9 Å². The van der Waals surface area contributed by atoms with Crippen LogP contribution in [0.25, 0.3) is 0 Å². The molecule has 4 rings (SSSR count). The molecule has 3 aromatic rings. The van der Waals surface area contributed by atoms with Gasteiger partial charge in [-0.2, -0.15) is 0 Å². The van der Waals surface area contributed by atoms with E-state index < -0.39 is 0 Å². The number of anilines is 1. The number of benzene rings is 2. The van der Waals surface area contributed by atoms with Gasteiger partial charge in [-0.05, 0) is 30.2 Å². The molecule has 30 heavy (non-hydrogen) atoms. The second kappa shape index (κ2) is 8.85. The lowest BCUT2D eigenvalue weighted by atomic mass is 10.2. The number of carbonyl (C=O) groups is 2.